The van der Waals surface area contributed by atoms with E-state index in [1.807, 2.05) is 19.9 Å². The molecule has 0 amide bonds. The fourth-order valence-corrected chi connectivity index (χ4v) is 3.11. The first-order valence-electron chi connectivity index (χ1n) is 5.94. The molecular formula is C13H16N4O2S. The van der Waals surface area contributed by atoms with E-state index >= 15 is 0 Å². The molecule has 2 aromatic rings. The van der Waals surface area contributed by atoms with Crippen LogP contribution in [0.4, 0.5) is 11.4 Å². The minimum absolute atomic E-state index is 0.00154. The standard InChI is InChI=1S/C13H16N4O2S/c1-9-5-10(2)7-11(6-9)17-20(18,19)13-8-15-4-3-12(13)16-14/h3-8,17H,14H2,1-2H3,(H,15,16). The monoisotopic (exact) mass is 292 g/mol. The quantitative estimate of drug-likeness (QED) is 0.589. The molecule has 1 aromatic carbocycles. The van der Waals surface area contributed by atoms with Gasteiger partial charge in [-0.25, -0.2) is 8.42 Å². The number of anilines is 2. The molecule has 0 saturated carbocycles. The summed E-state index contributed by atoms with van der Waals surface area (Å²) in [5, 5.41) is 0. The van der Waals surface area contributed by atoms with Gasteiger partial charge in [0.25, 0.3) is 10.0 Å². The normalized spacial score (nSPS) is 11.2. The number of nitrogens with two attached hydrogens (primary N) is 1. The van der Waals surface area contributed by atoms with Crippen molar-refractivity contribution in [3.63, 3.8) is 0 Å². The average Bonchev–Trinajstić information content (AvgIpc) is 2.36. The predicted octanol–water partition coefficient (Wildman–Crippen LogP) is 1.78. The SMILES string of the molecule is Cc1cc(C)cc(NS(=O)(=O)c2cnccc2NN)c1. The van der Waals surface area contributed by atoms with Crippen molar-refractivity contribution in [2.24, 2.45) is 5.84 Å². The van der Waals surface area contributed by atoms with E-state index in [2.05, 4.69) is 15.1 Å². The van der Waals surface area contributed by atoms with Gasteiger partial charge in [0.2, 0.25) is 0 Å². The zero-order chi connectivity index (χ0) is 14.8. The third-order valence-corrected chi connectivity index (χ3v) is 4.11. The van der Waals surface area contributed by atoms with Crippen molar-refractivity contribution >= 4 is 21.4 Å². The summed E-state index contributed by atoms with van der Waals surface area (Å²) in [6.07, 6.45) is 2.71. The molecule has 1 aromatic heterocycles. The van der Waals surface area contributed by atoms with Crippen LogP contribution in [0, 0.1) is 13.8 Å². The van der Waals surface area contributed by atoms with Crippen LogP contribution in [0.1, 0.15) is 11.1 Å². The molecule has 106 valence electrons. The van der Waals surface area contributed by atoms with Gasteiger partial charge in [-0.1, -0.05) is 6.07 Å². The van der Waals surface area contributed by atoms with E-state index in [0.29, 0.717) is 5.69 Å². The number of sulfonamides is 1. The van der Waals surface area contributed by atoms with Crippen molar-refractivity contribution in [3.05, 3.63) is 47.8 Å². The average molecular weight is 292 g/mol. The molecule has 0 unspecified atom stereocenters. The molecule has 7 heteroatoms. The van der Waals surface area contributed by atoms with Crippen LogP contribution in [0.15, 0.2) is 41.6 Å². The lowest BCUT2D eigenvalue weighted by Crippen LogP contribution is -2.18. The molecule has 1 heterocycles. The molecule has 0 radical (unpaired) electrons. The number of nitrogens with zero attached hydrogens (tertiary/aromatic N) is 1. The van der Waals surface area contributed by atoms with Gasteiger partial charge in [0, 0.05) is 18.1 Å². The lowest BCUT2D eigenvalue weighted by Gasteiger charge is -2.12. The Balaban J connectivity index is 2.41. The smallest absolute Gasteiger partial charge is 0.265 e. The number of nitrogens with one attached hydrogen (secondary N) is 2. The second-order valence-corrected chi connectivity index (χ2v) is 6.15. The van der Waals surface area contributed by atoms with E-state index < -0.39 is 10.0 Å². The zero-order valence-electron chi connectivity index (χ0n) is 11.2. The summed E-state index contributed by atoms with van der Waals surface area (Å²) in [6.45, 7) is 3.81. The zero-order valence-corrected chi connectivity index (χ0v) is 12.0. The van der Waals surface area contributed by atoms with E-state index in [1.165, 1.54) is 18.5 Å². The Bertz CT molecular complexity index is 709. The van der Waals surface area contributed by atoms with E-state index in [4.69, 9.17) is 5.84 Å². The van der Waals surface area contributed by atoms with Crippen LogP contribution < -0.4 is 16.0 Å². The minimum Gasteiger partial charge on any atom is -0.323 e. The molecule has 0 saturated heterocycles. The number of pyridine rings is 1. The van der Waals surface area contributed by atoms with Crippen LogP contribution in [0.25, 0.3) is 0 Å². The molecule has 20 heavy (non-hydrogen) atoms. The predicted molar refractivity (Wildman–Crippen MR) is 78.8 cm³/mol. The summed E-state index contributed by atoms with van der Waals surface area (Å²) in [5.74, 6) is 5.32. The number of hydrogen-bond acceptors (Lipinski definition) is 5. The van der Waals surface area contributed by atoms with Crippen LogP contribution in [-0.2, 0) is 10.0 Å². The van der Waals surface area contributed by atoms with Gasteiger partial charge in [0.05, 0.1) is 5.69 Å². The highest BCUT2D eigenvalue weighted by atomic mass is 32.2. The van der Waals surface area contributed by atoms with Crippen molar-refractivity contribution in [1.82, 2.24) is 4.98 Å². The molecule has 0 atom stereocenters. The van der Waals surface area contributed by atoms with Crippen molar-refractivity contribution < 1.29 is 8.42 Å². The molecule has 0 spiro atoms. The topological polar surface area (TPSA) is 97.1 Å². The van der Waals surface area contributed by atoms with E-state index in [9.17, 15) is 8.42 Å². The molecule has 0 aliphatic carbocycles. The lowest BCUT2D eigenvalue weighted by molar-refractivity contribution is 0.601. The number of rotatable bonds is 4. The van der Waals surface area contributed by atoms with Crippen LogP contribution in [0.3, 0.4) is 0 Å². The summed E-state index contributed by atoms with van der Waals surface area (Å²) in [5.41, 5.74) is 5.10. The number of aryl methyl sites for hydroxylation is 2. The van der Waals surface area contributed by atoms with Gasteiger partial charge in [0.1, 0.15) is 4.90 Å². The maximum absolute atomic E-state index is 12.4. The Morgan fingerprint density at radius 2 is 1.80 bits per heavy atom. The number of hydrogen-bond donors (Lipinski definition) is 3. The van der Waals surface area contributed by atoms with E-state index in [1.54, 1.807) is 12.1 Å². The van der Waals surface area contributed by atoms with Gasteiger partial charge in [0.15, 0.2) is 0 Å². The highest BCUT2D eigenvalue weighted by Gasteiger charge is 2.18. The third kappa shape index (κ3) is 3.06. The van der Waals surface area contributed by atoms with Gasteiger partial charge in [-0.05, 0) is 43.2 Å². The molecule has 4 N–H and O–H groups in total. The maximum atomic E-state index is 12.4. The molecule has 0 fully saturated rings. The Labute approximate surface area is 118 Å². The summed E-state index contributed by atoms with van der Waals surface area (Å²) in [4.78, 5) is 3.82. The molecular weight excluding hydrogens is 276 g/mol. The second-order valence-electron chi connectivity index (χ2n) is 4.50. The fourth-order valence-electron chi connectivity index (χ4n) is 1.96. The molecule has 0 bridgehead atoms. The summed E-state index contributed by atoms with van der Waals surface area (Å²) in [7, 11) is -3.74. The number of aromatic nitrogens is 1. The summed E-state index contributed by atoms with van der Waals surface area (Å²) < 4.78 is 27.2. The fraction of sp³-hybridized carbons (Fsp3) is 0.154. The van der Waals surface area contributed by atoms with Crippen molar-refractivity contribution in [3.8, 4) is 0 Å². The first-order chi connectivity index (χ1) is 9.42. The third-order valence-electron chi connectivity index (χ3n) is 2.70. The van der Waals surface area contributed by atoms with Gasteiger partial charge < -0.3 is 5.43 Å². The van der Waals surface area contributed by atoms with E-state index in [0.717, 1.165) is 11.1 Å². The molecule has 0 aliphatic rings. The van der Waals surface area contributed by atoms with E-state index in [-0.39, 0.29) is 10.6 Å². The Morgan fingerprint density at radius 3 is 2.40 bits per heavy atom. The van der Waals surface area contributed by atoms with Gasteiger partial charge in [-0.3, -0.25) is 15.5 Å². The first kappa shape index (κ1) is 14.3. The Kier molecular flexibility index (Phi) is 3.91. The highest BCUT2D eigenvalue weighted by molar-refractivity contribution is 7.92. The van der Waals surface area contributed by atoms with Gasteiger partial charge in [-0.15, -0.1) is 0 Å². The van der Waals surface area contributed by atoms with Crippen LogP contribution in [0.2, 0.25) is 0 Å². The first-order valence-corrected chi connectivity index (χ1v) is 7.42. The second kappa shape index (κ2) is 5.48. The van der Waals surface area contributed by atoms with Gasteiger partial charge in [-0.2, -0.15) is 0 Å². The molecule has 2 rings (SSSR count). The number of benzene rings is 1. The maximum Gasteiger partial charge on any atom is 0.265 e. The molecule has 0 aliphatic heterocycles. The number of hydrazine groups is 1. The lowest BCUT2D eigenvalue weighted by atomic mass is 10.1. The Morgan fingerprint density at radius 1 is 1.15 bits per heavy atom. The van der Waals surface area contributed by atoms with Crippen LogP contribution in [0.5, 0.6) is 0 Å². The van der Waals surface area contributed by atoms with Crippen molar-refractivity contribution in [1.29, 1.82) is 0 Å². The van der Waals surface area contributed by atoms with Gasteiger partial charge >= 0.3 is 0 Å². The summed E-state index contributed by atoms with van der Waals surface area (Å²) >= 11 is 0. The molecule has 6 nitrogen and oxygen atoms in total. The number of nitrogen functional groups attached to an aromatic ring is 1. The Hall–Kier alpha value is -2.12. The minimum atomic E-state index is -3.74. The van der Waals surface area contributed by atoms with Crippen LogP contribution >= 0.6 is 0 Å². The van der Waals surface area contributed by atoms with Crippen molar-refractivity contribution in [2.45, 2.75) is 18.7 Å². The highest BCUT2D eigenvalue weighted by Crippen LogP contribution is 2.23. The van der Waals surface area contributed by atoms with Crippen LogP contribution in [-0.4, -0.2) is 13.4 Å². The summed E-state index contributed by atoms with van der Waals surface area (Å²) in [6, 6.07) is 6.98. The van der Waals surface area contributed by atoms with Crippen molar-refractivity contribution in [2.75, 3.05) is 10.1 Å². The largest absolute Gasteiger partial charge is 0.323 e.